The summed E-state index contributed by atoms with van der Waals surface area (Å²) in [6.07, 6.45) is 3.46. The van der Waals surface area contributed by atoms with Gasteiger partial charge in [-0.25, -0.2) is 0 Å². The molecule has 1 aromatic rings. The van der Waals surface area contributed by atoms with Crippen LogP contribution in [-0.4, -0.2) is 62.9 Å². The monoisotopic (exact) mass is 364 g/mol. The molecule has 0 amide bonds. The van der Waals surface area contributed by atoms with E-state index >= 15 is 0 Å². The highest BCUT2D eigenvalue weighted by Gasteiger charge is 2.19. The largest absolute Gasteiger partial charge is 0.502 e. The molecule has 0 radical (unpaired) electrons. The van der Waals surface area contributed by atoms with Gasteiger partial charge in [0.1, 0.15) is 0 Å². The molecule has 1 saturated heterocycles. The van der Waals surface area contributed by atoms with Gasteiger partial charge in [-0.3, -0.25) is 4.99 Å². The number of aromatic hydroxyl groups is 1. The second kappa shape index (κ2) is 10.1. The predicted octanol–water partition coefficient (Wildman–Crippen LogP) is 1.95. The van der Waals surface area contributed by atoms with Crippen molar-refractivity contribution in [2.75, 3.05) is 40.9 Å². The maximum absolute atomic E-state index is 10.0. The lowest BCUT2D eigenvalue weighted by Crippen LogP contribution is -2.48. The van der Waals surface area contributed by atoms with Gasteiger partial charge in [0.25, 0.3) is 0 Å². The first-order valence-electron chi connectivity index (χ1n) is 9.24. The normalized spacial score (nSPS) is 16.4. The molecule has 0 atom stereocenters. The molecule has 1 aromatic carbocycles. The summed E-state index contributed by atoms with van der Waals surface area (Å²) >= 11 is 0. The van der Waals surface area contributed by atoms with Crippen molar-refractivity contribution in [1.82, 2.24) is 15.5 Å². The van der Waals surface area contributed by atoms with Crippen molar-refractivity contribution in [1.29, 1.82) is 0 Å². The topological polar surface area (TPSA) is 78.4 Å². The minimum absolute atomic E-state index is 0.0140. The molecule has 26 heavy (non-hydrogen) atoms. The van der Waals surface area contributed by atoms with Crippen LogP contribution < -0.4 is 20.1 Å². The van der Waals surface area contributed by atoms with E-state index in [1.165, 1.54) is 27.2 Å². The highest BCUT2D eigenvalue weighted by Crippen LogP contribution is 2.36. The minimum Gasteiger partial charge on any atom is -0.502 e. The number of methoxy groups -OCH3 is 2. The Labute approximate surface area is 156 Å². The lowest BCUT2D eigenvalue weighted by molar-refractivity contribution is 0.206. The molecule has 1 heterocycles. The summed E-state index contributed by atoms with van der Waals surface area (Å²) in [5.41, 5.74) is 0.942. The molecular formula is C19H32N4O3. The molecule has 0 aromatic heterocycles. The number of phenolic OH excluding ortho intramolecular Hbond substituents is 1. The SMILES string of the molecule is CCCN1CCC(NC(=NC)NCc2cc(OC)c(O)c(OC)c2)CC1. The molecule has 3 N–H and O–H groups in total. The predicted molar refractivity (Wildman–Crippen MR) is 104 cm³/mol. The Hall–Kier alpha value is -2.15. The number of nitrogens with zero attached hydrogens (tertiary/aromatic N) is 2. The van der Waals surface area contributed by atoms with E-state index in [1.54, 1.807) is 19.2 Å². The second-order valence-electron chi connectivity index (χ2n) is 6.53. The van der Waals surface area contributed by atoms with Gasteiger partial charge in [-0.15, -0.1) is 0 Å². The Morgan fingerprint density at radius 2 is 1.85 bits per heavy atom. The Morgan fingerprint density at radius 3 is 2.35 bits per heavy atom. The molecule has 7 nitrogen and oxygen atoms in total. The molecule has 0 saturated carbocycles. The Bertz CT molecular complexity index is 573. The zero-order chi connectivity index (χ0) is 18.9. The van der Waals surface area contributed by atoms with E-state index in [4.69, 9.17) is 9.47 Å². The fourth-order valence-electron chi connectivity index (χ4n) is 3.24. The van der Waals surface area contributed by atoms with Crippen LogP contribution in [0.4, 0.5) is 0 Å². The number of hydrogen-bond donors (Lipinski definition) is 3. The number of hydrogen-bond acceptors (Lipinski definition) is 5. The summed E-state index contributed by atoms with van der Waals surface area (Å²) < 4.78 is 10.4. The first kappa shape index (κ1) is 20.2. The van der Waals surface area contributed by atoms with Crippen molar-refractivity contribution in [2.45, 2.75) is 38.8 Å². The van der Waals surface area contributed by atoms with Gasteiger partial charge < -0.3 is 30.1 Å². The molecule has 1 aliphatic heterocycles. The fraction of sp³-hybridized carbons (Fsp3) is 0.632. The number of rotatable bonds is 7. The zero-order valence-corrected chi connectivity index (χ0v) is 16.3. The summed E-state index contributed by atoms with van der Waals surface area (Å²) in [5.74, 6) is 1.59. The first-order valence-corrected chi connectivity index (χ1v) is 9.24. The van der Waals surface area contributed by atoms with Gasteiger partial charge in [-0.05, 0) is 43.5 Å². The summed E-state index contributed by atoms with van der Waals surface area (Å²) in [7, 11) is 4.83. The minimum atomic E-state index is 0.0140. The van der Waals surface area contributed by atoms with Gasteiger partial charge in [-0.1, -0.05) is 6.92 Å². The van der Waals surface area contributed by atoms with Gasteiger partial charge in [0, 0.05) is 32.7 Å². The van der Waals surface area contributed by atoms with Crippen molar-refractivity contribution in [3.8, 4) is 17.2 Å². The van der Waals surface area contributed by atoms with Crippen molar-refractivity contribution < 1.29 is 14.6 Å². The second-order valence-corrected chi connectivity index (χ2v) is 6.53. The van der Waals surface area contributed by atoms with Crippen LogP contribution in [0.15, 0.2) is 17.1 Å². The lowest BCUT2D eigenvalue weighted by atomic mass is 10.1. The average molecular weight is 364 g/mol. The number of nitrogens with one attached hydrogen (secondary N) is 2. The van der Waals surface area contributed by atoms with Crippen molar-refractivity contribution in [3.05, 3.63) is 17.7 Å². The van der Waals surface area contributed by atoms with Crippen LogP contribution in [0.1, 0.15) is 31.7 Å². The van der Waals surface area contributed by atoms with Crippen molar-refractivity contribution in [3.63, 3.8) is 0 Å². The summed E-state index contributed by atoms with van der Waals surface area (Å²) in [5, 5.41) is 16.8. The van der Waals surface area contributed by atoms with E-state index in [-0.39, 0.29) is 5.75 Å². The van der Waals surface area contributed by atoms with Crippen LogP contribution in [0.3, 0.4) is 0 Å². The van der Waals surface area contributed by atoms with Crippen molar-refractivity contribution >= 4 is 5.96 Å². The van der Waals surface area contributed by atoms with Crippen LogP contribution in [-0.2, 0) is 6.54 Å². The number of ether oxygens (including phenoxy) is 2. The van der Waals surface area contributed by atoms with Crippen LogP contribution >= 0.6 is 0 Å². The molecule has 146 valence electrons. The van der Waals surface area contributed by atoms with Gasteiger partial charge >= 0.3 is 0 Å². The molecule has 2 rings (SSSR count). The summed E-state index contributed by atoms with van der Waals surface area (Å²) in [6.45, 7) is 6.23. The number of piperidine rings is 1. The molecule has 0 unspecified atom stereocenters. The lowest BCUT2D eigenvalue weighted by Gasteiger charge is -2.32. The standard InChI is InChI=1S/C19H32N4O3/c1-5-8-23-9-6-15(7-10-23)22-19(20-2)21-13-14-11-16(25-3)18(24)17(12-14)26-4/h11-12,15,24H,5-10,13H2,1-4H3,(H2,20,21,22). The maximum Gasteiger partial charge on any atom is 0.200 e. The Morgan fingerprint density at radius 1 is 1.23 bits per heavy atom. The van der Waals surface area contributed by atoms with Crippen LogP contribution in [0.5, 0.6) is 17.2 Å². The van der Waals surface area contributed by atoms with Crippen molar-refractivity contribution in [2.24, 2.45) is 4.99 Å². The number of aliphatic imine (C=N–C) groups is 1. The highest BCUT2D eigenvalue weighted by molar-refractivity contribution is 5.80. The summed E-state index contributed by atoms with van der Waals surface area (Å²) in [6, 6.07) is 4.03. The molecule has 0 aliphatic carbocycles. The molecule has 1 fully saturated rings. The molecule has 1 aliphatic rings. The van der Waals surface area contributed by atoms with E-state index in [0.717, 1.165) is 37.5 Å². The summed E-state index contributed by atoms with van der Waals surface area (Å²) in [4.78, 5) is 6.84. The van der Waals surface area contributed by atoms with Gasteiger partial charge in [-0.2, -0.15) is 0 Å². The fourth-order valence-corrected chi connectivity index (χ4v) is 3.24. The zero-order valence-electron chi connectivity index (χ0n) is 16.3. The van der Waals surface area contributed by atoms with Crippen LogP contribution in [0.2, 0.25) is 0 Å². The Balaban J connectivity index is 1.89. The quantitative estimate of drug-likeness (QED) is 0.507. The molecule has 0 bridgehead atoms. The van der Waals surface area contributed by atoms with E-state index in [0.29, 0.717) is 24.1 Å². The van der Waals surface area contributed by atoms with E-state index in [2.05, 4.69) is 27.4 Å². The smallest absolute Gasteiger partial charge is 0.200 e. The Kier molecular flexibility index (Phi) is 7.84. The van der Waals surface area contributed by atoms with E-state index in [9.17, 15) is 5.11 Å². The molecule has 0 spiro atoms. The van der Waals surface area contributed by atoms with Crippen LogP contribution in [0.25, 0.3) is 0 Å². The maximum atomic E-state index is 10.0. The highest BCUT2D eigenvalue weighted by atomic mass is 16.5. The number of guanidine groups is 1. The van der Waals surface area contributed by atoms with E-state index in [1.807, 2.05) is 0 Å². The first-order chi connectivity index (χ1) is 12.6. The van der Waals surface area contributed by atoms with Gasteiger partial charge in [0.15, 0.2) is 17.5 Å². The number of phenols is 1. The third-order valence-electron chi connectivity index (χ3n) is 4.69. The van der Waals surface area contributed by atoms with E-state index < -0.39 is 0 Å². The third-order valence-corrected chi connectivity index (χ3v) is 4.69. The number of benzene rings is 1. The number of likely N-dealkylation sites (tertiary alicyclic amines) is 1. The molecule has 7 heteroatoms. The van der Waals surface area contributed by atoms with Gasteiger partial charge in [0.05, 0.1) is 14.2 Å². The van der Waals surface area contributed by atoms with Gasteiger partial charge in [0.2, 0.25) is 5.75 Å². The van der Waals surface area contributed by atoms with Crippen LogP contribution in [0, 0.1) is 0 Å². The molecular weight excluding hydrogens is 332 g/mol. The third kappa shape index (κ3) is 5.42. The average Bonchev–Trinajstić information content (AvgIpc) is 2.67.